The fourth-order valence-electron chi connectivity index (χ4n) is 2.73. The number of halogens is 2. The van der Waals surface area contributed by atoms with Crippen LogP contribution < -0.4 is 5.32 Å². The molecule has 0 spiro atoms. The van der Waals surface area contributed by atoms with E-state index >= 15 is 0 Å². The minimum Gasteiger partial charge on any atom is -0.345 e. The van der Waals surface area contributed by atoms with Crippen LogP contribution in [0.2, 0.25) is 0 Å². The van der Waals surface area contributed by atoms with Crippen LogP contribution in [0, 0.1) is 18.6 Å². The van der Waals surface area contributed by atoms with E-state index < -0.39 is 17.5 Å². The summed E-state index contributed by atoms with van der Waals surface area (Å²) in [6.07, 6.45) is 1.85. The van der Waals surface area contributed by atoms with Crippen LogP contribution in [0.3, 0.4) is 0 Å². The van der Waals surface area contributed by atoms with Crippen LogP contribution >= 0.6 is 11.5 Å². The smallest absolute Gasteiger partial charge is 0.258 e. The predicted molar refractivity (Wildman–Crippen MR) is 106 cm³/mol. The molecule has 3 rings (SSSR count). The maximum atomic E-state index is 13.4. The second-order valence-electron chi connectivity index (χ2n) is 6.56. The van der Waals surface area contributed by atoms with E-state index in [0.717, 1.165) is 23.7 Å². The van der Waals surface area contributed by atoms with Crippen LogP contribution in [0.1, 0.15) is 37.0 Å². The molecule has 0 atom stereocenters. The Balaban J connectivity index is 1.84. The van der Waals surface area contributed by atoms with E-state index in [4.69, 9.17) is 0 Å². The molecule has 0 aliphatic rings. The van der Waals surface area contributed by atoms with E-state index in [9.17, 15) is 18.4 Å². The number of aromatic nitrogens is 2. The largest absolute Gasteiger partial charge is 0.345 e. The van der Waals surface area contributed by atoms with Crippen LogP contribution in [0.4, 0.5) is 14.5 Å². The van der Waals surface area contributed by atoms with Crippen LogP contribution in [-0.2, 0) is 6.42 Å². The minimum absolute atomic E-state index is 0.141. The molecule has 0 saturated carbocycles. The molecule has 0 radical (unpaired) electrons. The van der Waals surface area contributed by atoms with Gasteiger partial charge in [-0.25, -0.2) is 8.78 Å². The van der Waals surface area contributed by atoms with E-state index in [0.29, 0.717) is 33.8 Å². The molecule has 0 unspecified atom stereocenters. The molecular weight excluding hydrogens is 398 g/mol. The zero-order chi connectivity index (χ0) is 21.1. The molecule has 3 aromatic rings. The van der Waals surface area contributed by atoms with Gasteiger partial charge in [-0.05, 0) is 42.7 Å². The molecule has 150 valence electrons. The Morgan fingerprint density at radius 2 is 1.90 bits per heavy atom. The summed E-state index contributed by atoms with van der Waals surface area (Å²) in [5.41, 5.74) is 2.12. The number of nitrogens with one attached hydrogen (secondary N) is 1. The quantitative estimate of drug-likeness (QED) is 0.689. The molecule has 1 aromatic carbocycles. The third kappa shape index (κ3) is 4.62. The molecule has 1 N–H and O–H groups in total. The van der Waals surface area contributed by atoms with Crippen molar-refractivity contribution in [2.45, 2.75) is 13.3 Å². The van der Waals surface area contributed by atoms with Crippen molar-refractivity contribution < 1.29 is 18.4 Å². The molecule has 29 heavy (non-hydrogen) atoms. The molecule has 6 nitrogen and oxygen atoms in total. The number of benzene rings is 1. The Morgan fingerprint density at radius 3 is 2.59 bits per heavy atom. The Morgan fingerprint density at radius 1 is 1.14 bits per heavy atom. The van der Waals surface area contributed by atoms with Crippen LogP contribution in [0.15, 0.2) is 36.5 Å². The van der Waals surface area contributed by atoms with Gasteiger partial charge in [-0.2, -0.15) is 4.37 Å². The number of nitrogens with zero attached hydrogens (tertiary/aromatic N) is 3. The first kappa shape index (κ1) is 20.5. The van der Waals surface area contributed by atoms with Gasteiger partial charge in [0.2, 0.25) is 0 Å². The normalized spacial score (nSPS) is 10.7. The van der Waals surface area contributed by atoms with Gasteiger partial charge in [0.1, 0.15) is 0 Å². The number of aryl methyl sites for hydroxylation is 1. The number of rotatable bonds is 5. The number of anilines is 1. The summed E-state index contributed by atoms with van der Waals surface area (Å²) in [6, 6.07) is 6.44. The first-order chi connectivity index (χ1) is 13.8. The maximum Gasteiger partial charge on any atom is 0.258 e. The van der Waals surface area contributed by atoms with Gasteiger partial charge >= 0.3 is 0 Å². The van der Waals surface area contributed by atoms with Crippen molar-refractivity contribution >= 4 is 29.0 Å². The molecule has 0 saturated heterocycles. The van der Waals surface area contributed by atoms with Crippen molar-refractivity contribution in [3.63, 3.8) is 0 Å². The van der Waals surface area contributed by atoms with Crippen molar-refractivity contribution in [3.05, 3.63) is 75.6 Å². The SMILES string of the molecule is Cc1nsc(Cc2cc(C(=O)N(C)C)ccn2)c1C(=O)Nc1ccc(F)c(F)c1. The van der Waals surface area contributed by atoms with Gasteiger partial charge in [0.05, 0.1) is 11.3 Å². The van der Waals surface area contributed by atoms with E-state index in [2.05, 4.69) is 14.7 Å². The highest BCUT2D eigenvalue weighted by molar-refractivity contribution is 7.06. The van der Waals surface area contributed by atoms with Crippen molar-refractivity contribution in [2.75, 3.05) is 19.4 Å². The van der Waals surface area contributed by atoms with Crippen molar-refractivity contribution in [3.8, 4) is 0 Å². The van der Waals surface area contributed by atoms with Gasteiger partial charge in [-0.3, -0.25) is 14.6 Å². The van der Waals surface area contributed by atoms with E-state index in [1.165, 1.54) is 11.0 Å². The lowest BCUT2D eigenvalue weighted by atomic mass is 10.1. The van der Waals surface area contributed by atoms with Crippen molar-refractivity contribution in [1.29, 1.82) is 0 Å². The number of amides is 2. The third-order valence-electron chi connectivity index (χ3n) is 4.15. The highest BCUT2D eigenvalue weighted by atomic mass is 32.1. The van der Waals surface area contributed by atoms with Crippen LogP contribution in [0.5, 0.6) is 0 Å². The van der Waals surface area contributed by atoms with Crippen molar-refractivity contribution in [2.24, 2.45) is 0 Å². The highest BCUT2D eigenvalue weighted by Gasteiger charge is 2.20. The number of carbonyl (C=O) groups is 2. The second-order valence-corrected chi connectivity index (χ2v) is 7.42. The lowest BCUT2D eigenvalue weighted by Gasteiger charge is -2.11. The topological polar surface area (TPSA) is 75.2 Å². The molecule has 2 amide bonds. The summed E-state index contributed by atoms with van der Waals surface area (Å²) in [5, 5.41) is 2.56. The van der Waals surface area contributed by atoms with Gasteiger partial charge in [0, 0.05) is 54.6 Å². The third-order valence-corrected chi connectivity index (χ3v) is 5.08. The number of hydrogen-bond donors (Lipinski definition) is 1. The lowest BCUT2D eigenvalue weighted by molar-refractivity contribution is 0.0827. The first-order valence-corrected chi connectivity index (χ1v) is 9.41. The van der Waals surface area contributed by atoms with Crippen LogP contribution in [0.25, 0.3) is 0 Å². The second kappa shape index (κ2) is 8.44. The summed E-state index contributed by atoms with van der Waals surface area (Å²) in [5.74, 6) is -2.66. The average molecular weight is 416 g/mol. The molecule has 9 heteroatoms. The van der Waals surface area contributed by atoms with E-state index in [-0.39, 0.29) is 11.6 Å². The minimum atomic E-state index is -1.05. The van der Waals surface area contributed by atoms with Crippen LogP contribution in [-0.4, -0.2) is 40.2 Å². The summed E-state index contributed by atoms with van der Waals surface area (Å²) in [4.78, 5) is 31.3. The fraction of sp³-hybridized carbons (Fsp3) is 0.200. The highest BCUT2D eigenvalue weighted by Crippen LogP contribution is 2.24. The molecule has 0 aliphatic carbocycles. The predicted octanol–water partition coefficient (Wildman–Crippen LogP) is 3.67. The van der Waals surface area contributed by atoms with E-state index in [1.807, 2.05) is 0 Å². The number of carbonyl (C=O) groups excluding carboxylic acids is 2. The van der Waals surface area contributed by atoms with Gasteiger partial charge < -0.3 is 10.2 Å². The van der Waals surface area contributed by atoms with E-state index in [1.54, 1.807) is 39.3 Å². The zero-order valence-electron chi connectivity index (χ0n) is 16.0. The van der Waals surface area contributed by atoms with Gasteiger partial charge in [0.25, 0.3) is 11.8 Å². The average Bonchev–Trinajstić information content (AvgIpc) is 3.04. The number of pyridine rings is 1. The van der Waals surface area contributed by atoms with Gasteiger partial charge in [-0.15, -0.1) is 0 Å². The summed E-state index contributed by atoms with van der Waals surface area (Å²) >= 11 is 1.16. The standard InChI is InChI=1S/C20H18F2N4O2S/c1-11-18(19(27)24-13-4-5-15(21)16(22)9-13)17(29-25-11)10-14-8-12(6-7-23-14)20(28)26(2)3/h4-9H,10H2,1-3H3,(H,24,27). The zero-order valence-corrected chi connectivity index (χ0v) is 16.8. The molecular formula is C20H18F2N4O2S. The first-order valence-electron chi connectivity index (χ1n) is 8.64. The van der Waals surface area contributed by atoms with Gasteiger partial charge in [0.15, 0.2) is 11.6 Å². The Hall–Kier alpha value is -3.20. The fourth-order valence-corrected chi connectivity index (χ4v) is 3.61. The summed E-state index contributed by atoms with van der Waals surface area (Å²) in [7, 11) is 3.32. The molecule has 0 fully saturated rings. The summed E-state index contributed by atoms with van der Waals surface area (Å²) in [6.45, 7) is 1.69. The Bertz CT molecular complexity index is 1080. The monoisotopic (exact) mass is 416 g/mol. The molecule has 0 bridgehead atoms. The summed E-state index contributed by atoms with van der Waals surface area (Å²) < 4.78 is 30.7. The number of hydrogen-bond acceptors (Lipinski definition) is 5. The Labute approximate surface area is 170 Å². The molecule has 2 heterocycles. The molecule has 2 aromatic heterocycles. The maximum absolute atomic E-state index is 13.4. The van der Waals surface area contributed by atoms with Gasteiger partial charge in [-0.1, -0.05) is 0 Å². The Kier molecular flexibility index (Phi) is 5.97. The lowest BCUT2D eigenvalue weighted by Crippen LogP contribution is -2.21. The van der Waals surface area contributed by atoms with Crippen molar-refractivity contribution in [1.82, 2.24) is 14.3 Å². The molecule has 0 aliphatic heterocycles.